The maximum atomic E-state index is 11.0. The number of aryl methyl sites for hydroxylation is 1. The molecule has 0 aliphatic rings. The summed E-state index contributed by atoms with van der Waals surface area (Å²) >= 11 is 0. The molecule has 0 amide bonds. The number of aromatic carboxylic acids is 1. The van der Waals surface area contributed by atoms with E-state index in [2.05, 4.69) is 0 Å². The Balaban J connectivity index is 2.58. The second-order valence-electron chi connectivity index (χ2n) is 3.41. The van der Waals surface area contributed by atoms with Gasteiger partial charge in [0, 0.05) is 11.9 Å². The predicted molar refractivity (Wildman–Crippen MR) is 57.5 cm³/mol. The van der Waals surface area contributed by atoms with Crippen LogP contribution in [0.3, 0.4) is 0 Å². The standard InChI is InChI=1S/C12H11NO2/c1-9-7-11(12(14)15)13(8-9)10-5-3-2-4-6-10/h2-8H,1H3,(H,14,15). The first-order chi connectivity index (χ1) is 7.18. The molecule has 76 valence electrons. The SMILES string of the molecule is Cc1cc(C(=O)O)n(-c2ccccc2)c1. The minimum Gasteiger partial charge on any atom is -0.477 e. The van der Waals surface area contributed by atoms with Crippen LogP contribution in [0.25, 0.3) is 5.69 Å². The Morgan fingerprint density at radius 2 is 1.93 bits per heavy atom. The molecule has 2 aromatic rings. The van der Waals surface area contributed by atoms with Crippen LogP contribution < -0.4 is 0 Å². The second-order valence-corrected chi connectivity index (χ2v) is 3.41. The van der Waals surface area contributed by atoms with Crippen LogP contribution >= 0.6 is 0 Å². The summed E-state index contributed by atoms with van der Waals surface area (Å²) in [5, 5.41) is 9.02. The summed E-state index contributed by atoms with van der Waals surface area (Å²) < 4.78 is 1.68. The van der Waals surface area contributed by atoms with E-state index in [4.69, 9.17) is 5.11 Å². The number of rotatable bonds is 2. The zero-order valence-corrected chi connectivity index (χ0v) is 8.34. The van der Waals surface area contributed by atoms with Crippen molar-refractivity contribution < 1.29 is 9.90 Å². The summed E-state index contributed by atoms with van der Waals surface area (Å²) in [7, 11) is 0. The van der Waals surface area contributed by atoms with Gasteiger partial charge in [0.25, 0.3) is 0 Å². The summed E-state index contributed by atoms with van der Waals surface area (Å²) in [5.74, 6) is -0.910. The molecule has 3 nitrogen and oxygen atoms in total. The highest BCUT2D eigenvalue weighted by Crippen LogP contribution is 2.15. The van der Waals surface area contributed by atoms with E-state index < -0.39 is 5.97 Å². The summed E-state index contributed by atoms with van der Waals surface area (Å²) in [6.07, 6.45) is 1.82. The van der Waals surface area contributed by atoms with E-state index in [9.17, 15) is 4.79 Å². The normalized spacial score (nSPS) is 10.2. The highest BCUT2D eigenvalue weighted by Gasteiger charge is 2.11. The van der Waals surface area contributed by atoms with Gasteiger partial charge in [-0.25, -0.2) is 4.79 Å². The van der Waals surface area contributed by atoms with Crippen LogP contribution in [-0.4, -0.2) is 15.6 Å². The molecule has 2 rings (SSSR count). The first kappa shape index (κ1) is 9.52. The van der Waals surface area contributed by atoms with Crippen LogP contribution in [0.2, 0.25) is 0 Å². The van der Waals surface area contributed by atoms with Crippen molar-refractivity contribution in [3.8, 4) is 5.69 Å². The zero-order chi connectivity index (χ0) is 10.8. The number of para-hydroxylation sites is 1. The Hall–Kier alpha value is -2.03. The number of benzene rings is 1. The number of carbonyl (C=O) groups is 1. The number of carboxylic acid groups (broad SMARTS) is 1. The van der Waals surface area contributed by atoms with Crippen LogP contribution in [0.1, 0.15) is 16.1 Å². The number of hydrogen-bond donors (Lipinski definition) is 1. The van der Waals surface area contributed by atoms with Crippen molar-refractivity contribution in [3.63, 3.8) is 0 Å². The molecular weight excluding hydrogens is 190 g/mol. The summed E-state index contributed by atoms with van der Waals surface area (Å²) in [4.78, 5) is 11.0. The van der Waals surface area contributed by atoms with Crippen LogP contribution in [0.15, 0.2) is 42.6 Å². The Kier molecular flexibility index (Phi) is 2.29. The predicted octanol–water partition coefficient (Wildman–Crippen LogP) is 2.48. The monoisotopic (exact) mass is 201 g/mol. The fourth-order valence-electron chi connectivity index (χ4n) is 1.56. The first-order valence-corrected chi connectivity index (χ1v) is 4.66. The van der Waals surface area contributed by atoms with Crippen LogP contribution in [-0.2, 0) is 0 Å². The van der Waals surface area contributed by atoms with Gasteiger partial charge >= 0.3 is 5.97 Å². The molecule has 0 saturated carbocycles. The molecule has 1 aromatic heterocycles. The molecule has 0 spiro atoms. The third-order valence-corrected chi connectivity index (χ3v) is 2.21. The van der Waals surface area contributed by atoms with Gasteiger partial charge in [-0.2, -0.15) is 0 Å². The summed E-state index contributed by atoms with van der Waals surface area (Å²) in [6, 6.07) is 11.1. The average Bonchev–Trinajstić information content (AvgIpc) is 2.62. The number of carboxylic acids is 1. The van der Waals surface area contributed by atoms with Crippen molar-refractivity contribution in [2.75, 3.05) is 0 Å². The maximum Gasteiger partial charge on any atom is 0.352 e. The van der Waals surface area contributed by atoms with Gasteiger partial charge in [0.05, 0.1) is 0 Å². The lowest BCUT2D eigenvalue weighted by Crippen LogP contribution is -2.05. The van der Waals surface area contributed by atoms with Crippen molar-refractivity contribution in [2.24, 2.45) is 0 Å². The molecule has 0 unspecified atom stereocenters. The van der Waals surface area contributed by atoms with E-state index in [1.165, 1.54) is 0 Å². The van der Waals surface area contributed by atoms with E-state index in [-0.39, 0.29) is 0 Å². The topological polar surface area (TPSA) is 42.2 Å². The van der Waals surface area contributed by atoms with E-state index in [0.29, 0.717) is 5.69 Å². The summed E-state index contributed by atoms with van der Waals surface area (Å²) in [5.41, 5.74) is 2.10. The molecule has 3 heteroatoms. The molecule has 0 fully saturated rings. The Morgan fingerprint density at radius 1 is 1.27 bits per heavy atom. The molecule has 0 bridgehead atoms. The maximum absolute atomic E-state index is 11.0. The minimum atomic E-state index is -0.910. The van der Waals surface area contributed by atoms with Crippen molar-refractivity contribution >= 4 is 5.97 Å². The van der Waals surface area contributed by atoms with Gasteiger partial charge in [0.1, 0.15) is 5.69 Å². The van der Waals surface area contributed by atoms with E-state index in [1.54, 1.807) is 10.6 Å². The van der Waals surface area contributed by atoms with Crippen molar-refractivity contribution in [3.05, 3.63) is 53.9 Å². The van der Waals surface area contributed by atoms with Crippen LogP contribution in [0.4, 0.5) is 0 Å². The number of hydrogen-bond acceptors (Lipinski definition) is 1. The minimum absolute atomic E-state index is 0.290. The Morgan fingerprint density at radius 3 is 2.53 bits per heavy atom. The average molecular weight is 201 g/mol. The molecule has 0 saturated heterocycles. The highest BCUT2D eigenvalue weighted by atomic mass is 16.4. The van der Waals surface area contributed by atoms with Gasteiger partial charge in [-0.05, 0) is 30.7 Å². The lowest BCUT2D eigenvalue weighted by Gasteiger charge is -2.04. The molecule has 0 radical (unpaired) electrons. The van der Waals surface area contributed by atoms with Crippen LogP contribution in [0, 0.1) is 6.92 Å². The van der Waals surface area contributed by atoms with Gasteiger partial charge in [-0.3, -0.25) is 0 Å². The van der Waals surface area contributed by atoms with Crippen molar-refractivity contribution in [2.45, 2.75) is 6.92 Å². The highest BCUT2D eigenvalue weighted by molar-refractivity contribution is 5.87. The van der Waals surface area contributed by atoms with Gasteiger partial charge in [0.2, 0.25) is 0 Å². The van der Waals surface area contributed by atoms with E-state index >= 15 is 0 Å². The molecule has 15 heavy (non-hydrogen) atoms. The smallest absolute Gasteiger partial charge is 0.352 e. The molecule has 1 aromatic carbocycles. The summed E-state index contributed by atoms with van der Waals surface area (Å²) in [6.45, 7) is 1.88. The molecule has 1 heterocycles. The van der Waals surface area contributed by atoms with Gasteiger partial charge in [-0.15, -0.1) is 0 Å². The van der Waals surface area contributed by atoms with E-state index in [0.717, 1.165) is 11.3 Å². The third kappa shape index (κ3) is 1.76. The van der Waals surface area contributed by atoms with E-state index in [1.807, 2.05) is 43.5 Å². The molecule has 0 aliphatic heterocycles. The quantitative estimate of drug-likeness (QED) is 0.811. The first-order valence-electron chi connectivity index (χ1n) is 4.66. The molecule has 0 atom stereocenters. The molecular formula is C12H11NO2. The lowest BCUT2D eigenvalue weighted by molar-refractivity contribution is 0.0688. The van der Waals surface area contributed by atoms with Gasteiger partial charge in [-0.1, -0.05) is 18.2 Å². The third-order valence-electron chi connectivity index (χ3n) is 2.21. The fraction of sp³-hybridized carbons (Fsp3) is 0.0833. The Labute approximate surface area is 87.6 Å². The zero-order valence-electron chi connectivity index (χ0n) is 8.34. The molecule has 0 aliphatic carbocycles. The Bertz CT molecular complexity index is 486. The van der Waals surface area contributed by atoms with Crippen LogP contribution in [0.5, 0.6) is 0 Å². The second kappa shape index (κ2) is 3.61. The fourth-order valence-corrected chi connectivity index (χ4v) is 1.56. The van der Waals surface area contributed by atoms with Crippen molar-refractivity contribution in [1.82, 2.24) is 4.57 Å². The van der Waals surface area contributed by atoms with Crippen molar-refractivity contribution in [1.29, 1.82) is 0 Å². The van der Waals surface area contributed by atoms with Gasteiger partial charge < -0.3 is 9.67 Å². The molecule has 1 N–H and O–H groups in total. The number of nitrogens with zero attached hydrogens (tertiary/aromatic N) is 1. The van der Waals surface area contributed by atoms with Gasteiger partial charge in [0.15, 0.2) is 0 Å². The lowest BCUT2D eigenvalue weighted by atomic mass is 10.3. The largest absolute Gasteiger partial charge is 0.477 e. The number of aromatic nitrogens is 1.